The van der Waals surface area contributed by atoms with E-state index in [1.165, 1.54) is 19.2 Å². The topological polar surface area (TPSA) is 63.8 Å². The van der Waals surface area contributed by atoms with E-state index in [9.17, 15) is 23.1 Å². The fraction of sp³-hybridized carbons (Fsp3) is 0.263. The van der Waals surface area contributed by atoms with Gasteiger partial charge >= 0.3 is 12.1 Å². The Balaban J connectivity index is 2.23. The second kappa shape index (κ2) is 6.94. The van der Waals surface area contributed by atoms with Crippen molar-refractivity contribution in [2.75, 3.05) is 7.11 Å². The molecule has 0 aliphatic rings. The predicted octanol–water partition coefficient (Wildman–Crippen LogP) is 4.61. The molecule has 0 saturated heterocycles. The van der Waals surface area contributed by atoms with Crippen molar-refractivity contribution >= 4 is 11.6 Å². The van der Waals surface area contributed by atoms with E-state index in [0.29, 0.717) is 34.8 Å². The standard InChI is InChI=1S/C19H17F3N2O3/c1-3-14(18(25)26)17-16(11-4-6-12(7-5-11)19(20,21)22)23-15-10-13(27-2)8-9-24(15)17/h4-10,14H,3H2,1-2H3,(H,25,26). The molecule has 0 aliphatic heterocycles. The first-order chi connectivity index (χ1) is 12.8. The van der Waals surface area contributed by atoms with Gasteiger partial charge in [0, 0.05) is 17.8 Å². The third-order valence-corrected chi connectivity index (χ3v) is 4.39. The Morgan fingerprint density at radius 2 is 1.93 bits per heavy atom. The van der Waals surface area contributed by atoms with Gasteiger partial charge in [0.1, 0.15) is 11.4 Å². The summed E-state index contributed by atoms with van der Waals surface area (Å²) in [7, 11) is 1.50. The number of aliphatic carboxylic acids is 1. The molecule has 1 atom stereocenters. The van der Waals surface area contributed by atoms with Gasteiger partial charge in [-0.2, -0.15) is 13.2 Å². The van der Waals surface area contributed by atoms with Crippen LogP contribution in [0, 0.1) is 0 Å². The number of nitrogens with zero attached hydrogens (tertiary/aromatic N) is 2. The summed E-state index contributed by atoms with van der Waals surface area (Å²) in [5.41, 5.74) is 0.858. The molecule has 1 unspecified atom stereocenters. The van der Waals surface area contributed by atoms with Crippen molar-refractivity contribution in [3.8, 4) is 17.0 Å². The average molecular weight is 378 g/mol. The zero-order chi connectivity index (χ0) is 19.8. The number of alkyl halides is 3. The van der Waals surface area contributed by atoms with Gasteiger partial charge in [-0.3, -0.25) is 4.79 Å². The van der Waals surface area contributed by atoms with E-state index in [4.69, 9.17) is 4.74 Å². The monoisotopic (exact) mass is 378 g/mol. The number of benzene rings is 1. The Kier molecular flexibility index (Phi) is 4.82. The van der Waals surface area contributed by atoms with Crippen molar-refractivity contribution in [3.63, 3.8) is 0 Å². The van der Waals surface area contributed by atoms with E-state index in [0.717, 1.165) is 12.1 Å². The maximum absolute atomic E-state index is 12.8. The smallest absolute Gasteiger partial charge is 0.416 e. The quantitative estimate of drug-likeness (QED) is 0.704. The van der Waals surface area contributed by atoms with Gasteiger partial charge in [-0.15, -0.1) is 0 Å². The number of ether oxygens (including phenoxy) is 1. The zero-order valence-electron chi connectivity index (χ0n) is 14.6. The van der Waals surface area contributed by atoms with Crippen molar-refractivity contribution in [2.45, 2.75) is 25.4 Å². The normalized spacial score (nSPS) is 12.9. The van der Waals surface area contributed by atoms with E-state index in [1.54, 1.807) is 29.7 Å². The number of carbonyl (C=O) groups is 1. The summed E-state index contributed by atoms with van der Waals surface area (Å²) in [5, 5.41) is 9.61. The minimum Gasteiger partial charge on any atom is -0.497 e. The molecule has 1 N–H and O–H groups in total. The first kappa shape index (κ1) is 18.8. The van der Waals surface area contributed by atoms with Crippen LogP contribution in [0.4, 0.5) is 13.2 Å². The molecule has 0 bridgehead atoms. The molecule has 3 rings (SSSR count). The number of hydrogen-bond acceptors (Lipinski definition) is 3. The number of pyridine rings is 1. The number of hydrogen-bond donors (Lipinski definition) is 1. The van der Waals surface area contributed by atoms with Crippen LogP contribution in [0.1, 0.15) is 30.5 Å². The maximum atomic E-state index is 12.8. The molecule has 3 aromatic rings. The molecule has 0 aliphatic carbocycles. The molecular weight excluding hydrogens is 361 g/mol. The summed E-state index contributed by atoms with van der Waals surface area (Å²) < 4.78 is 45.3. The fourth-order valence-corrected chi connectivity index (χ4v) is 3.02. The van der Waals surface area contributed by atoms with Gasteiger partial charge in [-0.1, -0.05) is 19.1 Å². The minimum atomic E-state index is -4.44. The van der Waals surface area contributed by atoms with E-state index < -0.39 is 23.6 Å². The Morgan fingerprint density at radius 1 is 1.26 bits per heavy atom. The fourth-order valence-electron chi connectivity index (χ4n) is 3.02. The highest BCUT2D eigenvalue weighted by Crippen LogP contribution is 2.35. The van der Waals surface area contributed by atoms with Gasteiger partial charge < -0.3 is 14.2 Å². The lowest BCUT2D eigenvalue weighted by Gasteiger charge is -2.13. The van der Waals surface area contributed by atoms with Crippen LogP contribution in [0.3, 0.4) is 0 Å². The summed E-state index contributed by atoms with van der Waals surface area (Å²) in [6.07, 6.45) is -2.49. The Labute approximate surface area is 153 Å². The lowest BCUT2D eigenvalue weighted by molar-refractivity contribution is -0.139. The number of fused-ring (bicyclic) bond motifs is 1. The zero-order valence-corrected chi connectivity index (χ0v) is 14.6. The molecule has 0 radical (unpaired) electrons. The van der Waals surface area contributed by atoms with Crippen LogP contribution < -0.4 is 4.74 Å². The van der Waals surface area contributed by atoms with Crippen LogP contribution in [-0.2, 0) is 11.0 Å². The van der Waals surface area contributed by atoms with Gasteiger partial charge in [-0.25, -0.2) is 4.98 Å². The van der Waals surface area contributed by atoms with Gasteiger partial charge in [0.25, 0.3) is 0 Å². The largest absolute Gasteiger partial charge is 0.497 e. The number of rotatable bonds is 5. The van der Waals surface area contributed by atoms with Crippen LogP contribution >= 0.6 is 0 Å². The summed E-state index contributed by atoms with van der Waals surface area (Å²) in [4.78, 5) is 16.2. The highest BCUT2D eigenvalue weighted by atomic mass is 19.4. The number of halogens is 3. The molecule has 2 aromatic heterocycles. The highest BCUT2D eigenvalue weighted by Gasteiger charge is 2.31. The molecule has 0 spiro atoms. The van der Waals surface area contributed by atoms with Crippen molar-refractivity contribution < 1.29 is 27.8 Å². The molecule has 0 saturated carbocycles. The van der Waals surface area contributed by atoms with E-state index in [1.807, 2.05) is 0 Å². The molecule has 2 heterocycles. The Bertz CT molecular complexity index is 978. The van der Waals surface area contributed by atoms with Crippen LogP contribution in [0.25, 0.3) is 16.9 Å². The average Bonchev–Trinajstić information content (AvgIpc) is 3.00. The molecule has 8 heteroatoms. The molecule has 0 fully saturated rings. The Morgan fingerprint density at radius 3 is 2.44 bits per heavy atom. The molecule has 1 aromatic carbocycles. The predicted molar refractivity (Wildman–Crippen MR) is 92.8 cm³/mol. The second-order valence-corrected chi connectivity index (χ2v) is 6.01. The first-order valence-electron chi connectivity index (χ1n) is 8.22. The molecule has 27 heavy (non-hydrogen) atoms. The Hall–Kier alpha value is -3.03. The lowest BCUT2D eigenvalue weighted by Crippen LogP contribution is -2.14. The van der Waals surface area contributed by atoms with Crippen molar-refractivity contribution in [2.24, 2.45) is 0 Å². The lowest BCUT2D eigenvalue weighted by atomic mass is 9.97. The first-order valence-corrected chi connectivity index (χ1v) is 8.22. The molecule has 0 amide bonds. The second-order valence-electron chi connectivity index (χ2n) is 6.01. The number of carboxylic acids is 1. The molecular formula is C19H17F3N2O3. The van der Waals surface area contributed by atoms with Gasteiger partial charge in [-0.05, 0) is 24.6 Å². The minimum absolute atomic E-state index is 0.308. The van der Waals surface area contributed by atoms with Gasteiger partial charge in [0.05, 0.1) is 30.0 Å². The third-order valence-electron chi connectivity index (χ3n) is 4.39. The number of carboxylic acid groups (broad SMARTS) is 1. The van der Waals surface area contributed by atoms with Crippen molar-refractivity contribution in [1.82, 2.24) is 9.38 Å². The van der Waals surface area contributed by atoms with Crippen LogP contribution in [0.15, 0.2) is 42.6 Å². The van der Waals surface area contributed by atoms with E-state index in [-0.39, 0.29) is 0 Å². The summed E-state index contributed by atoms with van der Waals surface area (Å²) in [6.45, 7) is 1.73. The highest BCUT2D eigenvalue weighted by molar-refractivity contribution is 5.80. The third kappa shape index (κ3) is 3.47. The SMILES string of the molecule is CCC(C(=O)O)c1c(-c2ccc(C(F)(F)F)cc2)nc2cc(OC)ccn12. The van der Waals surface area contributed by atoms with Crippen LogP contribution in [0.5, 0.6) is 5.75 Å². The van der Waals surface area contributed by atoms with Gasteiger partial charge in [0.15, 0.2) is 0 Å². The van der Waals surface area contributed by atoms with E-state index in [2.05, 4.69) is 4.98 Å². The summed E-state index contributed by atoms with van der Waals surface area (Å²) >= 11 is 0. The van der Waals surface area contributed by atoms with Crippen LogP contribution in [0.2, 0.25) is 0 Å². The van der Waals surface area contributed by atoms with Crippen molar-refractivity contribution in [1.29, 1.82) is 0 Å². The number of aromatic nitrogens is 2. The molecule has 5 nitrogen and oxygen atoms in total. The number of imidazole rings is 1. The maximum Gasteiger partial charge on any atom is 0.416 e. The number of methoxy groups -OCH3 is 1. The summed E-state index contributed by atoms with van der Waals surface area (Å²) in [5.74, 6) is -1.34. The van der Waals surface area contributed by atoms with Crippen molar-refractivity contribution in [3.05, 3.63) is 53.9 Å². The summed E-state index contributed by atoms with van der Waals surface area (Å²) in [6, 6.07) is 7.85. The van der Waals surface area contributed by atoms with E-state index >= 15 is 0 Å². The molecule has 142 valence electrons. The van der Waals surface area contributed by atoms with Crippen LogP contribution in [-0.4, -0.2) is 27.6 Å². The van der Waals surface area contributed by atoms with Gasteiger partial charge in [0.2, 0.25) is 0 Å².